The molecule has 100 valence electrons. The zero-order chi connectivity index (χ0) is 13.8. The second-order valence-corrected chi connectivity index (χ2v) is 4.28. The molecule has 0 saturated carbocycles. The fourth-order valence-corrected chi connectivity index (χ4v) is 1.79. The van der Waals surface area contributed by atoms with Gasteiger partial charge in [-0.15, -0.1) is 0 Å². The number of ether oxygens (including phenoxy) is 2. The summed E-state index contributed by atoms with van der Waals surface area (Å²) < 4.78 is 10.9. The Morgan fingerprint density at radius 2 is 2.00 bits per heavy atom. The molecule has 5 nitrogen and oxygen atoms in total. The van der Waals surface area contributed by atoms with Gasteiger partial charge >= 0.3 is 0 Å². The maximum Gasteiger partial charge on any atom is 0.293 e. The van der Waals surface area contributed by atoms with Crippen LogP contribution < -0.4 is 15.0 Å². The van der Waals surface area contributed by atoms with Crippen molar-refractivity contribution < 1.29 is 9.47 Å². The molecular formula is C14H16N2O3. The lowest BCUT2D eigenvalue weighted by Crippen LogP contribution is -2.12. The molecule has 2 rings (SSSR count). The molecule has 0 unspecified atom stereocenters. The quantitative estimate of drug-likeness (QED) is 0.915. The number of nitrogens with zero attached hydrogens (tertiary/aromatic N) is 1. The van der Waals surface area contributed by atoms with E-state index in [2.05, 4.69) is 9.97 Å². The molecule has 0 aliphatic carbocycles. The minimum atomic E-state index is -0.313. The molecule has 0 amide bonds. The maximum atomic E-state index is 11.7. The molecule has 0 saturated heterocycles. The van der Waals surface area contributed by atoms with Gasteiger partial charge in [-0.05, 0) is 26.0 Å². The number of aromatic amines is 1. The number of nitrogens with one attached hydrogen (secondary N) is 1. The van der Waals surface area contributed by atoms with Gasteiger partial charge in [-0.25, -0.2) is 4.98 Å². The van der Waals surface area contributed by atoms with Gasteiger partial charge in [-0.3, -0.25) is 4.79 Å². The summed E-state index contributed by atoms with van der Waals surface area (Å²) in [7, 11) is 1.45. The van der Waals surface area contributed by atoms with Crippen molar-refractivity contribution >= 4 is 0 Å². The molecule has 0 spiro atoms. The highest BCUT2D eigenvalue weighted by Crippen LogP contribution is 2.32. The van der Waals surface area contributed by atoms with Crippen molar-refractivity contribution in [3.63, 3.8) is 0 Å². The average molecular weight is 260 g/mol. The Labute approximate surface area is 111 Å². The summed E-state index contributed by atoms with van der Waals surface area (Å²) in [5, 5.41) is 0. The molecule has 0 aliphatic rings. The van der Waals surface area contributed by atoms with E-state index >= 15 is 0 Å². The predicted octanol–water partition coefficient (Wildman–Crippen LogP) is 2.23. The summed E-state index contributed by atoms with van der Waals surface area (Å²) in [5.41, 5.74) is 0.897. The molecule has 0 fully saturated rings. The Morgan fingerprint density at radius 1 is 1.26 bits per heavy atom. The van der Waals surface area contributed by atoms with Crippen molar-refractivity contribution in [3.05, 3.63) is 40.9 Å². The van der Waals surface area contributed by atoms with Crippen LogP contribution in [0.1, 0.15) is 13.8 Å². The Hall–Kier alpha value is -2.30. The highest BCUT2D eigenvalue weighted by molar-refractivity contribution is 5.71. The van der Waals surface area contributed by atoms with E-state index in [1.54, 1.807) is 0 Å². The maximum absolute atomic E-state index is 11.7. The second kappa shape index (κ2) is 5.56. The predicted molar refractivity (Wildman–Crippen MR) is 72.6 cm³/mol. The summed E-state index contributed by atoms with van der Waals surface area (Å²) in [6, 6.07) is 7.44. The number of hydrogen-bond donors (Lipinski definition) is 1. The van der Waals surface area contributed by atoms with E-state index in [1.807, 2.05) is 38.1 Å². The Balaban J connectivity index is 2.59. The molecule has 1 heterocycles. The molecule has 2 aromatic rings. The monoisotopic (exact) mass is 260 g/mol. The minimum absolute atomic E-state index is 0.0362. The molecule has 5 heteroatoms. The molecule has 1 aromatic heterocycles. The van der Waals surface area contributed by atoms with Crippen LogP contribution in [0, 0.1) is 0 Å². The molecule has 19 heavy (non-hydrogen) atoms. The first-order chi connectivity index (χ1) is 9.13. The van der Waals surface area contributed by atoms with E-state index in [4.69, 9.17) is 9.47 Å². The van der Waals surface area contributed by atoms with E-state index in [9.17, 15) is 4.79 Å². The standard InChI is InChI=1S/C14H16N2O3/c1-9(2)19-11-7-5-4-6-10(11)12-13(18-3)14(17)16-8-15-12/h4-9H,1-3H3,(H,15,16,17). The first-order valence-corrected chi connectivity index (χ1v) is 6.01. The second-order valence-electron chi connectivity index (χ2n) is 4.28. The van der Waals surface area contributed by atoms with Gasteiger partial charge in [0.05, 0.1) is 19.5 Å². The van der Waals surface area contributed by atoms with E-state index < -0.39 is 0 Å². The van der Waals surface area contributed by atoms with Crippen LogP contribution in [-0.2, 0) is 0 Å². The van der Waals surface area contributed by atoms with Gasteiger partial charge in [0.15, 0.2) is 0 Å². The molecule has 0 radical (unpaired) electrons. The van der Waals surface area contributed by atoms with Crippen molar-refractivity contribution in [1.29, 1.82) is 0 Å². The lowest BCUT2D eigenvalue weighted by atomic mass is 10.1. The third-order valence-corrected chi connectivity index (χ3v) is 2.52. The highest BCUT2D eigenvalue weighted by Gasteiger charge is 2.15. The summed E-state index contributed by atoms with van der Waals surface area (Å²) >= 11 is 0. The Morgan fingerprint density at radius 3 is 2.68 bits per heavy atom. The van der Waals surface area contributed by atoms with Crippen LogP contribution in [0.4, 0.5) is 0 Å². The van der Waals surface area contributed by atoms with Crippen LogP contribution in [0.3, 0.4) is 0 Å². The number of hydrogen-bond acceptors (Lipinski definition) is 4. The zero-order valence-corrected chi connectivity index (χ0v) is 11.1. The van der Waals surface area contributed by atoms with Gasteiger partial charge in [0, 0.05) is 5.56 Å². The number of benzene rings is 1. The lowest BCUT2D eigenvalue weighted by molar-refractivity contribution is 0.243. The van der Waals surface area contributed by atoms with Crippen molar-refractivity contribution in [2.45, 2.75) is 20.0 Å². The third kappa shape index (κ3) is 2.76. The number of methoxy groups -OCH3 is 1. The summed E-state index contributed by atoms with van der Waals surface area (Å²) in [6.07, 6.45) is 1.39. The van der Waals surface area contributed by atoms with Gasteiger partial charge in [-0.1, -0.05) is 12.1 Å². The fraction of sp³-hybridized carbons (Fsp3) is 0.286. The third-order valence-electron chi connectivity index (χ3n) is 2.52. The topological polar surface area (TPSA) is 64.2 Å². The molecule has 0 aliphatic heterocycles. The van der Waals surface area contributed by atoms with E-state index in [0.29, 0.717) is 11.4 Å². The highest BCUT2D eigenvalue weighted by atomic mass is 16.5. The van der Waals surface area contributed by atoms with Gasteiger partial charge in [0.2, 0.25) is 5.75 Å². The van der Waals surface area contributed by atoms with Gasteiger partial charge in [0.1, 0.15) is 11.4 Å². The number of aromatic nitrogens is 2. The molecule has 0 bridgehead atoms. The molecular weight excluding hydrogens is 244 g/mol. The van der Waals surface area contributed by atoms with Gasteiger partial charge in [-0.2, -0.15) is 0 Å². The summed E-state index contributed by atoms with van der Waals surface area (Å²) in [4.78, 5) is 18.4. The van der Waals surface area contributed by atoms with Crippen LogP contribution in [-0.4, -0.2) is 23.2 Å². The van der Waals surface area contributed by atoms with E-state index in [-0.39, 0.29) is 17.4 Å². The van der Waals surface area contributed by atoms with E-state index in [0.717, 1.165) is 5.56 Å². The number of H-pyrrole nitrogens is 1. The smallest absolute Gasteiger partial charge is 0.293 e. The normalized spacial score (nSPS) is 10.5. The first-order valence-electron chi connectivity index (χ1n) is 6.01. The van der Waals surface area contributed by atoms with Crippen LogP contribution >= 0.6 is 0 Å². The summed E-state index contributed by atoms with van der Waals surface area (Å²) in [6.45, 7) is 3.89. The van der Waals surface area contributed by atoms with Crippen LogP contribution in [0.5, 0.6) is 11.5 Å². The molecule has 1 N–H and O–H groups in total. The number of rotatable bonds is 4. The van der Waals surface area contributed by atoms with E-state index in [1.165, 1.54) is 13.4 Å². The van der Waals surface area contributed by atoms with Gasteiger partial charge in [0.25, 0.3) is 5.56 Å². The zero-order valence-electron chi connectivity index (χ0n) is 11.1. The Bertz CT molecular complexity index is 620. The first kappa shape index (κ1) is 13.1. The average Bonchev–Trinajstić information content (AvgIpc) is 2.38. The van der Waals surface area contributed by atoms with Crippen LogP contribution in [0.2, 0.25) is 0 Å². The van der Waals surface area contributed by atoms with Crippen LogP contribution in [0.25, 0.3) is 11.3 Å². The summed E-state index contributed by atoms with van der Waals surface area (Å²) in [5.74, 6) is 0.858. The van der Waals surface area contributed by atoms with Crippen molar-refractivity contribution in [3.8, 4) is 22.8 Å². The van der Waals surface area contributed by atoms with Crippen molar-refractivity contribution in [1.82, 2.24) is 9.97 Å². The van der Waals surface area contributed by atoms with Gasteiger partial charge < -0.3 is 14.5 Å². The van der Waals surface area contributed by atoms with Crippen molar-refractivity contribution in [2.75, 3.05) is 7.11 Å². The van der Waals surface area contributed by atoms with Crippen molar-refractivity contribution in [2.24, 2.45) is 0 Å². The Kier molecular flexibility index (Phi) is 3.85. The molecule has 0 atom stereocenters. The minimum Gasteiger partial charge on any atom is -0.490 e. The lowest BCUT2D eigenvalue weighted by Gasteiger charge is -2.14. The SMILES string of the molecule is COc1c(-c2ccccc2OC(C)C)nc[nH]c1=O. The molecule has 1 aromatic carbocycles. The largest absolute Gasteiger partial charge is 0.490 e. The number of para-hydroxylation sites is 1. The van der Waals surface area contributed by atoms with Crippen LogP contribution in [0.15, 0.2) is 35.4 Å². The fourth-order valence-electron chi connectivity index (χ4n) is 1.79.